The summed E-state index contributed by atoms with van der Waals surface area (Å²) in [7, 11) is -1.91. The van der Waals surface area contributed by atoms with Gasteiger partial charge in [0.25, 0.3) is 0 Å². The third-order valence-corrected chi connectivity index (χ3v) is 9.31. The quantitative estimate of drug-likeness (QED) is 0.757. The lowest BCUT2D eigenvalue weighted by molar-refractivity contribution is 0.274. The summed E-state index contributed by atoms with van der Waals surface area (Å²) in [6.45, 7) is 13.8. The van der Waals surface area contributed by atoms with E-state index in [2.05, 4.69) is 33.9 Å². The molecule has 1 aliphatic rings. The summed E-state index contributed by atoms with van der Waals surface area (Å²) >= 11 is 0. The Balaban J connectivity index is 2.36. The molecule has 0 saturated carbocycles. The molecule has 2 rings (SSSR count). The summed E-state index contributed by atoms with van der Waals surface area (Å²) in [6, 6.07) is 3.35. The molecule has 0 aromatic heterocycles. The van der Waals surface area contributed by atoms with Crippen LogP contribution in [0.3, 0.4) is 0 Å². The first-order valence-electron chi connectivity index (χ1n) is 7.60. The summed E-state index contributed by atoms with van der Waals surface area (Å²) in [6.07, 6.45) is 0. The first kappa shape index (κ1) is 17.0. The van der Waals surface area contributed by atoms with Gasteiger partial charge in [0, 0.05) is 11.5 Å². The summed E-state index contributed by atoms with van der Waals surface area (Å²) in [4.78, 5) is 0. The molecule has 0 N–H and O–H groups in total. The van der Waals surface area contributed by atoms with Crippen LogP contribution in [0.25, 0.3) is 0 Å². The molecule has 0 amide bonds. The minimum Gasteiger partial charge on any atom is -0.491 e. The van der Waals surface area contributed by atoms with Crippen LogP contribution in [0, 0.1) is 17.1 Å². The van der Waals surface area contributed by atoms with Gasteiger partial charge in [0.2, 0.25) is 0 Å². The minimum atomic E-state index is -1.91. The molecule has 3 nitrogen and oxygen atoms in total. The highest BCUT2D eigenvalue weighted by Gasteiger charge is 2.38. The highest BCUT2D eigenvalue weighted by Crippen LogP contribution is 2.42. The molecule has 1 unspecified atom stereocenters. The third-order valence-electron chi connectivity index (χ3n) is 4.83. The number of ether oxygens (including phenoxy) is 1. The summed E-state index contributed by atoms with van der Waals surface area (Å²) < 4.78 is 25.9. The molecule has 120 valence electrons. The monoisotopic (exact) mass is 321 g/mol. The molecule has 1 aliphatic heterocycles. The van der Waals surface area contributed by atoms with Crippen LogP contribution in [0.5, 0.6) is 5.75 Å². The third kappa shape index (κ3) is 2.90. The molecule has 1 aromatic carbocycles. The second-order valence-electron chi connectivity index (χ2n) is 7.51. The van der Waals surface area contributed by atoms with Crippen molar-refractivity contribution in [3.63, 3.8) is 0 Å². The van der Waals surface area contributed by atoms with E-state index in [4.69, 9.17) is 14.4 Å². The van der Waals surface area contributed by atoms with Crippen molar-refractivity contribution in [1.82, 2.24) is 0 Å². The van der Waals surface area contributed by atoms with Crippen molar-refractivity contribution >= 4 is 8.32 Å². The van der Waals surface area contributed by atoms with Crippen LogP contribution >= 0.6 is 0 Å². The average Bonchev–Trinajstić information content (AvgIpc) is 2.77. The predicted octanol–water partition coefficient (Wildman–Crippen LogP) is 4.72. The van der Waals surface area contributed by atoms with E-state index in [9.17, 15) is 4.39 Å². The van der Waals surface area contributed by atoms with E-state index < -0.39 is 14.1 Å². The van der Waals surface area contributed by atoms with Crippen LogP contribution in [0.2, 0.25) is 18.1 Å². The summed E-state index contributed by atoms with van der Waals surface area (Å²) in [5.41, 5.74) is 1.74. The molecule has 0 aliphatic carbocycles. The van der Waals surface area contributed by atoms with Crippen molar-refractivity contribution in [2.75, 3.05) is 6.61 Å². The SMILES string of the molecule is CC1COc2c(C#N)c(F)cc(CO[Si](C)(C)C(C)(C)C)c21. The first-order valence-corrected chi connectivity index (χ1v) is 10.5. The van der Waals surface area contributed by atoms with Crippen LogP contribution in [0.4, 0.5) is 4.39 Å². The van der Waals surface area contributed by atoms with Gasteiger partial charge in [-0.15, -0.1) is 0 Å². The van der Waals surface area contributed by atoms with E-state index in [0.29, 0.717) is 19.0 Å². The predicted molar refractivity (Wildman–Crippen MR) is 87.0 cm³/mol. The Morgan fingerprint density at radius 3 is 2.64 bits per heavy atom. The Kier molecular flexibility index (Phi) is 4.38. The normalized spacial score (nSPS) is 17.8. The molecule has 5 heteroatoms. The molecule has 22 heavy (non-hydrogen) atoms. The zero-order valence-electron chi connectivity index (χ0n) is 14.2. The number of hydrogen-bond acceptors (Lipinski definition) is 3. The van der Waals surface area contributed by atoms with E-state index in [0.717, 1.165) is 11.1 Å². The lowest BCUT2D eigenvalue weighted by Gasteiger charge is -2.36. The lowest BCUT2D eigenvalue weighted by Crippen LogP contribution is -2.40. The Hall–Kier alpha value is -1.38. The molecule has 0 fully saturated rings. The van der Waals surface area contributed by atoms with Crippen LogP contribution < -0.4 is 4.74 Å². The largest absolute Gasteiger partial charge is 0.491 e. The summed E-state index contributed by atoms with van der Waals surface area (Å²) in [5.74, 6) is 0.0359. The van der Waals surface area contributed by atoms with E-state index in [1.165, 1.54) is 6.07 Å². The zero-order valence-corrected chi connectivity index (χ0v) is 15.2. The van der Waals surface area contributed by atoms with Gasteiger partial charge in [-0.1, -0.05) is 27.7 Å². The van der Waals surface area contributed by atoms with Crippen LogP contribution in [0.1, 0.15) is 50.3 Å². The fourth-order valence-electron chi connectivity index (χ4n) is 2.37. The number of benzene rings is 1. The Bertz CT molecular complexity index is 629. The molecule has 1 aromatic rings. The van der Waals surface area contributed by atoms with Gasteiger partial charge < -0.3 is 9.16 Å². The molecular weight excluding hydrogens is 297 g/mol. The van der Waals surface area contributed by atoms with Gasteiger partial charge >= 0.3 is 0 Å². The highest BCUT2D eigenvalue weighted by molar-refractivity contribution is 6.74. The maximum atomic E-state index is 14.1. The van der Waals surface area contributed by atoms with E-state index in [-0.39, 0.29) is 16.5 Å². The number of fused-ring (bicyclic) bond motifs is 1. The number of nitriles is 1. The highest BCUT2D eigenvalue weighted by atomic mass is 28.4. The maximum Gasteiger partial charge on any atom is 0.192 e. The average molecular weight is 321 g/mol. The first-order chi connectivity index (χ1) is 10.1. The standard InChI is InChI=1S/C17H24FNO2Si/c1-11-9-20-16-13(8-19)14(18)7-12(15(11)16)10-21-22(5,6)17(2,3)4/h7,11H,9-10H2,1-6H3. The van der Waals surface area contributed by atoms with E-state index in [1.54, 1.807) is 0 Å². The van der Waals surface area contributed by atoms with Gasteiger partial charge in [-0.25, -0.2) is 4.39 Å². The van der Waals surface area contributed by atoms with Gasteiger partial charge in [-0.2, -0.15) is 5.26 Å². The van der Waals surface area contributed by atoms with Gasteiger partial charge in [0.1, 0.15) is 23.2 Å². The molecular formula is C17H24FNO2Si. The molecule has 0 radical (unpaired) electrons. The fourth-order valence-corrected chi connectivity index (χ4v) is 3.32. The van der Waals surface area contributed by atoms with Crippen LogP contribution in [-0.4, -0.2) is 14.9 Å². The number of nitrogens with zero attached hydrogens (tertiary/aromatic N) is 1. The van der Waals surface area contributed by atoms with Crippen molar-refractivity contribution in [2.24, 2.45) is 0 Å². The van der Waals surface area contributed by atoms with Gasteiger partial charge in [0.15, 0.2) is 8.32 Å². The second-order valence-corrected chi connectivity index (χ2v) is 12.3. The number of halogens is 1. The van der Waals surface area contributed by atoms with Gasteiger partial charge in [-0.3, -0.25) is 0 Å². The van der Waals surface area contributed by atoms with Crippen molar-refractivity contribution < 1.29 is 13.6 Å². The Labute approximate surface area is 133 Å². The smallest absolute Gasteiger partial charge is 0.192 e. The number of rotatable bonds is 3. The maximum absolute atomic E-state index is 14.1. The Morgan fingerprint density at radius 1 is 1.45 bits per heavy atom. The second kappa shape index (κ2) is 5.67. The molecule has 1 atom stereocenters. The van der Waals surface area contributed by atoms with Crippen molar-refractivity contribution in [2.45, 2.75) is 58.4 Å². The van der Waals surface area contributed by atoms with Crippen molar-refractivity contribution in [3.05, 3.63) is 28.6 Å². The van der Waals surface area contributed by atoms with Crippen LogP contribution in [-0.2, 0) is 11.0 Å². The number of hydrogen-bond donors (Lipinski definition) is 0. The molecule has 0 saturated heterocycles. The van der Waals surface area contributed by atoms with Crippen molar-refractivity contribution in [1.29, 1.82) is 5.26 Å². The van der Waals surface area contributed by atoms with Gasteiger partial charge in [-0.05, 0) is 29.8 Å². The van der Waals surface area contributed by atoms with Gasteiger partial charge in [0.05, 0.1) is 13.2 Å². The van der Waals surface area contributed by atoms with E-state index >= 15 is 0 Å². The fraction of sp³-hybridized carbons (Fsp3) is 0.588. The zero-order chi connectivity index (χ0) is 16.7. The van der Waals surface area contributed by atoms with Crippen LogP contribution in [0.15, 0.2) is 6.07 Å². The lowest BCUT2D eigenvalue weighted by atomic mass is 9.95. The topological polar surface area (TPSA) is 42.2 Å². The minimum absolute atomic E-state index is 0.00965. The molecule has 0 bridgehead atoms. The molecule has 0 spiro atoms. The Morgan fingerprint density at radius 2 is 2.09 bits per heavy atom. The molecule has 1 heterocycles. The van der Waals surface area contributed by atoms with Crippen molar-refractivity contribution in [3.8, 4) is 11.8 Å². The van der Waals surface area contributed by atoms with E-state index in [1.807, 2.05) is 13.0 Å². The summed E-state index contributed by atoms with van der Waals surface area (Å²) in [5, 5.41) is 9.23.